The largest absolute Gasteiger partial charge is 0.495 e. The van der Waals surface area contributed by atoms with Crippen LogP contribution in [0.1, 0.15) is 33.3 Å². The minimum atomic E-state index is 0.482. The van der Waals surface area contributed by atoms with Gasteiger partial charge >= 0.3 is 0 Å². The number of benzene rings is 2. The summed E-state index contributed by atoms with van der Waals surface area (Å²) in [5, 5.41) is 10.1. The van der Waals surface area contributed by atoms with Crippen LogP contribution in [0.5, 0.6) is 5.75 Å². The molecule has 214 valence electrons. The minimum Gasteiger partial charge on any atom is -0.495 e. The summed E-state index contributed by atoms with van der Waals surface area (Å²) in [4.78, 5) is 30.4. The van der Waals surface area contributed by atoms with Gasteiger partial charge in [-0.15, -0.1) is 0 Å². The van der Waals surface area contributed by atoms with Gasteiger partial charge in [-0.2, -0.15) is 5.26 Å². The van der Waals surface area contributed by atoms with Crippen LogP contribution in [0, 0.1) is 11.3 Å². The number of hydrogen-bond acceptors (Lipinski definition) is 8. The summed E-state index contributed by atoms with van der Waals surface area (Å²) in [6, 6.07) is 21.0. The van der Waals surface area contributed by atoms with Crippen LogP contribution in [0.4, 0.5) is 5.82 Å². The van der Waals surface area contributed by atoms with E-state index in [2.05, 4.69) is 48.9 Å². The molecule has 0 spiro atoms. The molecule has 1 fully saturated rings. The van der Waals surface area contributed by atoms with Crippen molar-refractivity contribution in [2.75, 3.05) is 32.1 Å². The van der Waals surface area contributed by atoms with Gasteiger partial charge in [0.25, 0.3) is 0 Å². The molecule has 3 heterocycles. The van der Waals surface area contributed by atoms with Crippen molar-refractivity contribution in [3.8, 4) is 34.1 Å². The second-order valence-electron chi connectivity index (χ2n) is 9.27. The standard InChI is InChI=1S/C29H29N5O.C2H6.2CH2O/c1-19-17-34(18-20(2)33(19)3)27-13-12-23(15-31-27)26-16-32-28-24(6-5-7-25(28)29(26)35-4)22-10-8-21(14-30)9-11-22;3*1-2/h5-13,15-16,19-20H,17-18H2,1-4H3;1-2H3;2*1H2. The van der Waals surface area contributed by atoms with E-state index in [9.17, 15) is 0 Å². The van der Waals surface area contributed by atoms with Crippen LogP contribution in [0.2, 0.25) is 0 Å². The van der Waals surface area contributed by atoms with Gasteiger partial charge in [0.1, 0.15) is 25.1 Å². The third-order valence-corrected chi connectivity index (χ3v) is 7.12. The van der Waals surface area contributed by atoms with Crippen molar-refractivity contribution in [2.45, 2.75) is 39.8 Å². The fourth-order valence-corrected chi connectivity index (χ4v) is 4.91. The number of anilines is 1. The number of piperazine rings is 1. The van der Waals surface area contributed by atoms with E-state index in [0.717, 1.165) is 57.8 Å². The number of methoxy groups -OCH3 is 1. The number of para-hydroxylation sites is 1. The van der Waals surface area contributed by atoms with Crippen molar-refractivity contribution in [3.05, 3.63) is 72.6 Å². The maximum absolute atomic E-state index is 9.11. The summed E-state index contributed by atoms with van der Waals surface area (Å²) in [5.41, 5.74) is 5.40. The Hall–Kier alpha value is -4.61. The molecular weight excluding hydrogens is 514 g/mol. The Morgan fingerprint density at radius 2 is 1.46 bits per heavy atom. The van der Waals surface area contributed by atoms with Gasteiger partial charge in [-0.1, -0.05) is 38.1 Å². The van der Waals surface area contributed by atoms with Crippen LogP contribution in [0.25, 0.3) is 33.2 Å². The summed E-state index contributed by atoms with van der Waals surface area (Å²) in [5.74, 6) is 1.78. The van der Waals surface area contributed by atoms with Crippen LogP contribution >= 0.6 is 0 Å². The molecule has 4 aromatic rings. The number of hydrogen-bond donors (Lipinski definition) is 0. The van der Waals surface area contributed by atoms with Crippen LogP contribution in [-0.4, -0.2) is 67.8 Å². The molecule has 0 amide bonds. The zero-order valence-corrected chi connectivity index (χ0v) is 24.8. The van der Waals surface area contributed by atoms with E-state index in [1.54, 1.807) is 7.11 Å². The molecule has 1 aliphatic heterocycles. The van der Waals surface area contributed by atoms with Gasteiger partial charge in [-0.05, 0) is 56.8 Å². The minimum absolute atomic E-state index is 0.482. The first-order valence-corrected chi connectivity index (χ1v) is 13.5. The number of aromatic nitrogens is 2. The van der Waals surface area contributed by atoms with Gasteiger partial charge in [0.15, 0.2) is 0 Å². The Kier molecular flexibility index (Phi) is 12.6. The Labute approximate surface area is 243 Å². The fraction of sp³-hybridized carbons (Fsp3) is 0.303. The van der Waals surface area contributed by atoms with Crippen molar-refractivity contribution in [1.82, 2.24) is 14.9 Å². The number of pyridine rings is 2. The SMILES string of the molecule is C=O.C=O.CC.COc1c(-c2ccc(N3CC(C)N(C)C(C)C3)nc2)cnc2c(-c3ccc(C#N)cc3)cccc12. The second kappa shape index (κ2) is 15.8. The van der Waals surface area contributed by atoms with E-state index in [4.69, 9.17) is 29.6 Å². The molecule has 0 N–H and O–H groups in total. The molecule has 0 radical (unpaired) electrons. The van der Waals surface area contributed by atoms with E-state index >= 15 is 0 Å². The lowest BCUT2D eigenvalue weighted by atomic mass is 9.98. The molecule has 8 nitrogen and oxygen atoms in total. The molecule has 2 atom stereocenters. The first-order valence-electron chi connectivity index (χ1n) is 13.5. The highest BCUT2D eigenvalue weighted by atomic mass is 16.5. The highest BCUT2D eigenvalue weighted by Gasteiger charge is 2.27. The molecule has 2 unspecified atom stereocenters. The molecule has 5 rings (SSSR count). The normalized spacial score (nSPS) is 16.1. The number of ether oxygens (including phenoxy) is 1. The lowest BCUT2D eigenvalue weighted by Gasteiger charge is -2.43. The Balaban J connectivity index is 0.000000921. The molecule has 1 saturated heterocycles. The van der Waals surface area contributed by atoms with Crippen molar-refractivity contribution in [1.29, 1.82) is 5.26 Å². The number of nitrogens with zero attached hydrogens (tertiary/aromatic N) is 5. The lowest BCUT2D eigenvalue weighted by Crippen LogP contribution is -2.55. The average Bonchev–Trinajstić information content (AvgIpc) is 3.05. The van der Waals surface area contributed by atoms with Crippen molar-refractivity contribution < 1.29 is 14.3 Å². The van der Waals surface area contributed by atoms with Gasteiger partial charge in [-0.25, -0.2) is 4.98 Å². The molecule has 1 aliphatic rings. The molecule has 2 aromatic heterocycles. The van der Waals surface area contributed by atoms with Gasteiger partial charge < -0.3 is 19.2 Å². The van der Waals surface area contributed by atoms with Crippen LogP contribution in [0.3, 0.4) is 0 Å². The fourth-order valence-electron chi connectivity index (χ4n) is 4.91. The van der Waals surface area contributed by atoms with Gasteiger partial charge in [0, 0.05) is 59.6 Å². The Bertz CT molecular complexity index is 1420. The lowest BCUT2D eigenvalue weighted by molar-refractivity contribution is -0.0987. The smallest absolute Gasteiger partial charge is 0.137 e. The van der Waals surface area contributed by atoms with Gasteiger partial charge in [0.05, 0.1) is 24.3 Å². The molecule has 8 heteroatoms. The van der Waals surface area contributed by atoms with E-state index < -0.39 is 0 Å². The van der Waals surface area contributed by atoms with Crippen LogP contribution in [-0.2, 0) is 9.59 Å². The molecule has 41 heavy (non-hydrogen) atoms. The quantitative estimate of drug-likeness (QED) is 0.302. The van der Waals surface area contributed by atoms with Crippen LogP contribution < -0.4 is 9.64 Å². The first kappa shape index (κ1) is 32.6. The predicted molar refractivity (Wildman–Crippen MR) is 166 cm³/mol. The third-order valence-electron chi connectivity index (χ3n) is 7.12. The van der Waals surface area contributed by atoms with Gasteiger partial charge in [-0.3, -0.25) is 9.88 Å². The number of likely N-dealkylation sites (N-methyl/N-ethyl adjacent to an activating group) is 1. The molecule has 0 aliphatic carbocycles. The monoisotopic (exact) mass is 553 g/mol. The number of nitriles is 1. The first-order chi connectivity index (χ1) is 20.0. The number of rotatable bonds is 4. The summed E-state index contributed by atoms with van der Waals surface area (Å²) < 4.78 is 5.90. The molecule has 0 saturated carbocycles. The summed E-state index contributed by atoms with van der Waals surface area (Å²) >= 11 is 0. The summed E-state index contributed by atoms with van der Waals surface area (Å²) in [6.07, 6.45) is 3.78. The zero-order chi connectivity index (χ0) is 30.5. The zero-order valence-electron chi connectivity index (χ0n) is 24.8. The predicted octanol–water partition coefficient (Wildman–Crippen LogP) is 6.03. The summed E-state index contributed by atoms with van der Waals surface area (Å²) in [7, 11) is 3.89. The van der Waals surface area contributed by atoms with Crippen molar-refractivity contribution >= 4 is 30.3 Å². The van der Waals surface area contributed by atoms with E-state index in [-0.39, 0.29) is 0 Å². The highest BCUT2D eigenvalue weighted by molar-refractivity contribution is 6.00. The molecule has 0 bridgehead atoms. The van der Waals surface area contributed by atoms with Crippen molar-refractivity contribution in [2.24, 2.45) is 0 Å². The number of carbonyl (C=O) groups is 2. The molecular formula is C33H39N5O3. The maximum atomic E-state index is 9.11. The van der Waals surface area contributed by atoms with Crippen molar-refractivity contribution in [3.63, 3.8) is 0 Å². The second-order valence-corrected chi connectivity index (χ2v) is 9.27. The number of fused-ring (bicyclic) bond motifs is 1. The Morgan fingerprint density at radius 1 is 0.854 bits per heavy atom. The number of carbonyl (C=O) groups excluding carboxylic acids is 2. The third kappa shape index (κ3) is 7.13. The molecule has 2 aromatic carbocycles. The van der Waals surface area contributed by atoms with E-state index in [0.29, 0.717) is 17.6 Å². The van der Waals surface area contributed by atoms with E-state index in [1.165, 1.54) is 0 Å². The Morgan fingerprint density at radius 3 is 2.00 bits per heavy atom. The van der Waals surface area contributed by atoms with Gasteiger partial charge in [0.2, 0.25) is 0 Å². The summed E-state index contributed by atoms with van der Waals surface area (Å²) in [6.45, 7) is 14.4. The maximum Gasteiger partial charge on any atom is 0.137 e. The van der Waals surface area contributed by atoms with E-state index in [1.807, 2.05) is 82.3 Å². The average molecular weight is 554 g/mol. The van der Waals surface area contributed by atoms with Crippen LogP contribution in [0.15, 0.2) is 67.0 Å². The topological polar surface area (TPSA) is 99.4 Å². The highest BCUT2D eigenvalue weighted by Crippen LogP contribution is 2.39.